The highest BCUT2D eigenvalue weighted by molar-refractivity contribution is 6.05. The van der Waals surface area contributed by atoms with Gasteiger partial charge in [0.25, 0.3) is 5.91 Å². The van der Waals surface area contributed by atoms with Crippen molar-refractivity contribution in [2.75, 3.05) is 23.3 Å². The van der Waals surface area contributed by atoms with Gasteiger partial charge in [-0.05, 0) is 49.7 Å². The fraction of sp³-hybridized carbons (Fsp3) is 0.292. The first kappa shape index (κ1) is 24.4. The third-order valence-electron chi connectivity index (χ3n) is 5.43. The Hall–Kier alpha value is -3.73. The van der Waals surface area contributed by atoms with E-state index in [1.165, 1.54) is 18.3 Å². The third-order valence-corrected chi connectivity index (χ3v) is 5.43. The van der Waals surface area contributed by atoms with Gasteiger partial charge in [-0.2, -0.15) is 17.6 Å². The number of aliphatic hydroxyl groups excluding tert-OH is 1. The molecule has 1 fully saturated rings. The van der Waals surface area contributed by atoms with Gasteiger partial charge < -0.3 is 20.1 Å². The van der Waals surface area contributed by atoms with E-state index < -0.39 is 30.3 Å². The minimum atomic E-state index is -4.62. The number of benzene rings is 1. The SMILES string of the molecule is Cc1ccc(-c2cc(C(=O)Nc3ccc(OC(F)(F)C(F)F)cc3)cnc2N2CC[C@@H](O)C2)cn1. The normalized spacial score (nSPS) is 16.0. The summed E-state index contributed by atoms with van der Waals surface area (Å²) in [7, 11) is 0. The minimum Gasteiger partial charge on any atom is -0.428 e. The summed E-state index contributed by atoms with van der Waals surface area (Å²) >= 11 is 0. The molecule has 1 saturated heterocycles. The van der Waals surface area contributed by atoms with Gasteiger partial charge in [-0.1, -0.05) is 6.07 Å². The molecule has 4 rings (SSSR count). The van der Waals surface area contributed by atoms with Crippen LogP contribution < -0.4 is 15.0 Å². The van der Waals surface area contributed by atoms with Crippen molar-refractivity contribution in [3.8, 4) is 16.9 Å². The van der Waals surface area contributed by atoms with Crippen LogP contribution in [0.15, 0.2) is 54.9 Å². The number of ether oxygens (including phenoxy) is 1. The van der Waals surface area contributed by atoms with Crippen molar-refractivity contribution in [1.29, 1.82) is 0 Å². The molecule has 35 heavy (non-hydrogen) atoms. The van der Waals surface area contributed by atoms with E-state index in [9.17, 15) is 27.5 Å². The van der Waals surface area contributed by atoms with Gasteiger partial charge in [0.2, 0.25) is 0 Å². The summed E-state index contributed by atoms with van der Waals surface area (Å²) in [5.74, 6) is -0.370. The summed E-state index contributed by atoms with van der Waals surface area (Å²) in [6, 6.07) is 9.98. The average Bonchev–Trinajstić information content (AvgIpc) is 3.26. The van der Waals surface area contributed by atoms with E-state index in [0.717, 1.165) is 23.4 Å². The van der Waals surface area contributed by atoms with Crippen molar-refractivity contribution in [1.82, 2.24) is 9.97 Å². The predicted octanol–water partition coefficient (Wildman–Crippen LogP) is 4.51. The van der Waals surface area contributed by atoms with E-state index in [1.54, 1.807) is 12.3 Å². The first-order valence-corrected chi connectivity index (χ1v) is 10.7. The molecule has 0 saturated carbocycles. The number of amides is 1. The van der Waals surface area contributed by atoms with E-state index >= 15 is 0 Å². The van der Waals surface area contributed by atoms with E-state index in [0.29, 0.717) is 30.9 Å². The Morgan fingerprint density at radius 3 is 2.51 bits per heavy atom. The van der Waals surface area contributed by atoms with E-state index in [4.69, 9.17) is 0 Å². The predicted molar refractivity (Wildman–Crippen MR) is 121 cm³/mol. The first-order valence-electron chi connectivity index (χ1n) is 10.7. The van der Waals surface area contributed by atoms with Gasteiger partial charge in [-0.25, -0.2) is 4.98 Å². The molecule has 0 aliphatic carbocycles. The number of carbonyl (C=O) groups excluding carboxylic acids is 1. The lowest BCUT2D eigenvalue weighted by Crippen LogP contribution is -2.33. The number of β-amino-alcohol motifs (C(OH)–C–C–N with tert-alkyl or cyclic N) is 1. The number of carbonyl (C=O) groups is 1. The van der Waals surface area contributed by atoms with Gasteiger partial charge in [0.05, 0.1) is 11.7 Å². The fourth-order valence-corrected chi connectivity index (χ4v) is 3.62. The monoisotopic (exact) mass is 490 g/mol. The highest BCUT2D eigenvalue weighted by Gasteiger charge is 2.43. The first-order chi connectivity index (χ1) is 16.6. The quantitative estimate of drug-likeness (QED) is 0.474. The molecule has 2 aromatic heterocycles. The zero-order chi connectivity index (χ0) is 25.2. The van der Waals surface area contributed by atoms with Crippen molar-refractivity contribution in [2.45, 2.75) is 32.0 Å². The van der Waals surface area contributed by atoms with Gasteiger partial charge in [0.15, 0.2) is 0 Å². The van der Waals surface area contributed by atoms with Crippen LogP contribution in [0.1, 0.15) is 22.5 Å². The highest BCUT2D eigenvalue weighted by atomic mass is 19.3. The molecule has 1 aliphatic rings. The lowest BCUT2D eigenvalue weighted by Gasteiger charge is -2.21. The number of hydrogen-bond acceptors (Lipinski definition) is 6. The van der Waals surface area contributed by atoms with Crippen LogP contribution in [0.3, 0.4) is 0 Å². The number of hydrogen-bond donors (Lipinski definition) is 2. The lowest BCUT2D eigenvalue weighted by molar-refractivity contribution is -0.253. The van der Waals surface area contributed by atoms with Crippen LogP contribution in [0.4, 0.5) is 29.1 Å². The molecule has 1 aliphatic heterocycles. The number of anilines is 2. The molecular weight excluding hydrogens is 468 g/mol. The Labute approximate surface area is 198 Å². The second kappa shape index (κ2) is 9.87. The van der Waals surface area contributed by atoms with Gasteiger partial charge >= 0.3 is 12.5 Å². The Kier molecular flexibility index (Phi) is 6.88. The number of rotatable bonds is 7. The summed E-state index contributed by atoms with van der Waals surface area (Å²) in [5, 5.41) is 12.6. The number of halogens is 4. The second-order valence-electron chi connectivity index (χ2n) is 8.11. The molecule has 0 radical (unpaired) electrons. The molecular formula is C24H22F4N4O3. The molecule has 184 valence electrons. The molecule has 7 nitrogen and oxygen atoms in total. The smallest absolute Gasteiger partial charge is 0.428 e. The summed E-state index contributed by atoms with van der Waals surface area (Å²) in [5.41, 5.74) is 2.71. The van der Waals surface area contributed by atoms with E-state index in [1.807, 2.05) is 24.0 Å². The van der Waals surface area contributed by atoms with Crippen molar-refractivity contribution in [3.05, 3.63) is 66.1 Å². The molecule has 3 heterocycles. The van der Waals surface area contributed by atoms with Gasteiger partial charge in [-0.15, -0.1) is 0 Å². The Morgan fingerprint density at radius 2 is 1.91 bits per heavy atom. The van der Waals surface area contributed by atoms with E-state index in [2.05, 4.69) is 20.0 Å². The largest absolute Gasteiger partial charge is 0.461 e. The molecule has 0 unspecified atom stereocenters. The minimum absolute atomic E-state index is 0.230. The zero-order valence-electron chi connectivity index (χ0n) is 18.6. The number of alkyl halides is 4. The van der Waals surface area contributed by atoms with Crippen molar-refractivity contribution in [3.63, 3.8) is 0 Å². The number of pyridine rings is 2. The van der Waals surface area contributed by atoms with Crippen LogP contribution in [0.2, 0.25) is 0 Å². The number of nitrogens with one attached hydrogen (secondary N) is 1. The maximum atomic E-state index is 13.1. The van der Waals surface area contributed by atoms with Crippen LogP contribution >= 0.6 is 0 Å². The number of aryl methyl sites for hydroxylation is 1. The number of nitrogens with zero attached hydrogens (tertiary/aromatic N) is 3. The topological polar surface area (TPSA) is 87.6 Å². The average molecular weight is 490 g/mol. The van der Waals surface area contributed by atoms with Crippen molar-refractivity contribution >= 4 is 17.4 Å². The van der Waals surface area contributed by atoms with Gasteiger partial charge in [0.1, 0.15) is 11.6 Å². The highest BCUT2D eigenvalue weighted by Crippen LogP contribution is 2.32. The maximum Gasteiger partial charge on any atom is 0.461 e. The zero-order valence-corrected chi connectivity index (χ0v) is 18.6. The van der Waals surface area contributed by atoms with E-state index in [-0.39, 0.29) is 11.3 Å². The Bertz CT molecular complexity index is 1190. The molecule has 2 N–H and O–H groups in total. The molecule has 0 spiro atoms. The molecule has 11 heteroatoms. The van der Waals surface area contributed by atoms with Crippen LogP contribution in [-0.2, 0) is 0 Å². The summed E-state index contributed by atoms with van der Waals surface area (Å²) in [4.78, 5) is 23.6. The van der Waals surface area contributed by atoms with Crippen LogP contribution in [0, 0.1) is 6.92 Å². The van der Waals surface area contributed by atoms with Crippen molar-refractivity contribution in [2.24, 2.45) is 0 Å². The standard InChI is InChI=1S/C24H22F4N4O3/c1-14-2-3-15(11-29-14)20-10-16(12-30-21(20)32-9-8-18(33)13-32)22(34)31-17-4-6-19(7-5-17)35-24(27,28)23(25)26/h2-7,10-12,18,23,33H,8-9,13H2,1H3,(H,31,34)/t18-/m1/s1. The van der Waals surface area contributed by atoms with Crippen molar-refractivity contribution < 1.29 is 32.2 Å². The van der Waals surface area contributed by atoms with Gasteiger partial charge in [0, 0.05) is 48.0 Å². The van der Waals surface area contributed by atoms with Gasteiger partial charge in [-0.3, -0.25) is 9.78 Å². The second-order valence-corrected chi connectivity index (χ2v) is 8.11. The summed E-state index contributed by atoms with van der Waals surface area (Å²) < 4.78 is 54.7. The summed E-state index contributed by atoms with van der Waals surface area (Å²) in [6.07, 6.45) is -5.36. The number of aliphatic hydroxyl groups is 1. The Balaban J connectivity index is 1.56. The number of aromatic nitrogens is 2. The van der Waals surface area contributed by atoms with Crippen LogP contribution in [-0.4, -0.2) is 52.7 Å². The molecule has 3 aromatic rings. The lowest BCUT2D eigenvalue weighted by atomic mass is 10.1. The van der Waals surface area contributed by atoms with Crippen LogP contribution in [0.5, 0.6) is 5.75 Å². The third kappa shape index (κ3) is 5.68. The Morgan fingerprint density at radius 1 is 1.17 bits per heavy atom. The molecule has 1 aromatic carbocycles. The summed E-state index contributed by atoms with van der Waals surface area (Å²) in [6.45, 7) is 2.89. The fourth-order valence-electron chi connectivity index (χ4n) is 3.62. The van der Waals surface area contributed by atoms with Crippen LogP contribution in [0.25, 0.3) is 11.1 Å². The maximum absolute atomic E-state index is 13.1. The molecule has 1 atom stereocenters. The molecule has 0 bridgehead atoms. The molecule has 1 amide bonds.